The summed E-state index contributed by atoms with van der Waals surface area (Å²) in [5, 5.41) is 3.50. The Bertz CT molecular complexity index is 323. The molecule has 0 radical (unpaired) electrons. The molecule has 1 nitrogen and oxygen atoms in total. The average molecular weight is 221 g/mol. The number of hydrogen-bond donors (Lipinski definition) is 1. The van der Waals surface area contributed by atoms with Crippen molar-refractivity contribution >= 4 is 5.69 Å². The average Bonchev–Trinajstić information content (AvgIpc) is 2.20. The van der Waals surface area contributed by atoms with Crippen molar-refractivity contribution in [3.63, 3.8) is 0 Å². The van der Waals surface area contributed by atoms with Crippen LogP contribution in [-0.2, 0) is 0 Å². The highest BCUT2D eigenvalue weighted by Gasteiger charge is 2.23. The molecule has 1 aromatic rings. The number of nitrogens with one attached hydrogen (secondary N) is 1. The van der Waals surface area contributed by atoms with Gasteiger partial charge in [-0.2, -0.15) is 0 Å². The van der Waals surface area contributed by atoms with Crippen LogP contribution in [0.5, 0.6) is 0 Å². The van der Waals surface area contributed by atoms with Crippen LogP contribution in [0.25, 0.3) is 0 Å². The van der Waals surface area contributed by atoms with E-state index in [-0.39, 0.29) is 5.82 Å². The lowest BCUT2D eigenvalue weighted by molar-refractivity contribution is 0.281. The number of halogens is 1. The molecule has 2 atom stereocenters. The number of hydrogen-bond acceptors (Lipinski definition) is 1. The molecule has 1 aliphatic rings. The first-order valence-electron chi connectivity index (χ1n) is 6.15. The molecule has 2 unspecified atom stereocenters. The maximum absolute atomic E-state index is 12.8. The Morgan fingerprint density at radius 2 is 1.56 bits per heavy atom. The Labute approximate surface area is 97.1 Å². The second kappa shape index (κ2) is 4.86. The highest BCUT2D eigenvalue weighted by atomic mass is 19.1. The Balaban J connectivity index is 1.96. The van der Waals surface area contributed by atoms with Crippen molar-refractivity contribution in [3.8, 4) is 0 Å². The molecular weight excluding hydrogens is 201 g/mol. The van der Waals surface area contributed by atoms with E-state index in [9.17, 15) is 4.39 Å². The van der Waals surface area contributed by atoms with Crippen molar-refractivity contribution in [2.75, 3.05) is 5.32 Å². The second-order valence-electron chi connectivity index (χ2n) is 5.27. The van der Waals surface area contributed by atoms with Crippen molar-refractivity contribution in [1.82, 2.24) is 0 Å². The monoisotopic (exact) mass is 221 g/mol. The molecule has 1 saturated carbocycles. The lowest BCUT2D eigenvalue weighted by atomic mass is 9.80. The van der Waals surface area contributed by atoms with Gasteiger partial charge in [0.05, 0.1) is 0 Å². The molecular formula is C14H20FN. The topological polar surface area (TPSA) is 12.0 Å². The summed E-state index contributed by atoms with van der Waals surface area (Å²) in [6.45, 7) is 4.63. The summed E-state index contributed by atoms with van der Waals surface area (Å²) in [5.41, 5.74) is 1.03. The molecule has 16 heavy (non-hydrogen) atoms. The summed E-state index contributed by atoms with van der Waals surface area (Å²) in [7, 11) is 0. The normalized spacial score (nSPS) is 30.1. The van der Waals surface area contributed by atoms with E-state index in [1.807, 2.05) is 12.1 Å². The van der Waals surface area contributed by atoms with Crippen LogP contribution in [0.3, 0.4) is 0 Å². The summed E-state index contributed by atoms with van der Waals surface area (Å²) in [6.07, 6.45) is 3.78. The van der Waals surface area contributed by atoms with Gasteiger partial charge < -0.3 is 5.32 Å². The van der Waals surface area contributed by atoms with E-state index in [1.165, 1.54) is 31.4 Å². The molecule has 0 saturated heterocycles. The highest BCUT2D eigenvalue weighted by molar-refractivity contribution is 5.43. The van der Waals surface area contributed by atoms with Crippen LogP contribution in [0, 0.1) is 17.7 Å². The van der Waals surface area contributed by atoms with E-state index < -0.39 is 0 Å². The van der Waals surface area contributed by atoms with Gasteiger partial charge in [-0.05, 0) is 55.4 Å². The lowest BCUT2D eigenvalue weighted by Crippen LogP contribution is -2.30. The molecule has 0 spiro atoms. The van der Waals surface area contributed by atoms with Gasteiger partial charge >= 0.3 is 0 Å². The van der Waals surface area contributed by atoms with Crippen LogP contribution >= 0.6 is 0 Å². The van der Waals surface area contributed by atoms with E-state index in [0.717, 1.165) is 17.5 Å². The van der Waals surface area contributed by atoms with Gasteiger partial charge in [0.1, 0.15) is 5.82 Å². The van der Waals surface area contributed by atoms with E-state index >= 15 is 0 Å². The van der Waals surface area contributed by atoms with Gasteiger partial charge in [-0.3, -0.25) is 0 Å². The fraction of sp³-hybridized carbons (Fsp3) is 0.571. The molecule has 0 aromatic heterocycles. The Morgan fingerprint density at radius 3 is 2.12 bits per heavy atom. The molecule has 0 bridgehead atoms. The van der Waals surface area contributed by atoms with Gasteiger partial charge in [0.15, 0.2) is 0 Å². The zero-order chi connectivity index (χ0) is 11.5. The fourth-order valence-electron chi connectivity index (χ4n) is 2.85. The van der Waals surface area contributed by atoms with Crippen molar-refractivity contribution < 1.29 is 4.39 Å². The predicted molar refractivity (Wildman–Crippen MR) is 66.0 cm³/mol. The maximum Gasteiger partial charge on any atom is 0.123 e. The summed E-state index contributed by atoms with van der Waals surface area (Å²) in [6, 6.07) is 7.21. The van der Waals surface area contributed by atoms with Gasteiger partial charge in [-0.15, -0.1) is 0 Å². The minimum Gasteiger partial charge on any atom is -0.382 e. The van der Waals surface area contributed by atoms with Crippen molar-refractivity contribution in [2.45, 2.75) is 39.2 Å². The van der Waals surface area contributed by atoms with Gasteiger partial charge in [0, 0.05) is 11.7 Å². The molecule has 1 aliphatic carbocycles. The van der Waals surface area contributed by atoms with Crippen LogP contribution in [0.15, 0.2) is 24.3 Å². The molecule has 88 valence electrons. The van der Waals surface area contributed by atoms with Gasteiger partial charge in [-0.1, -0.05) is 13.8 Å². The van der Waals surface area contributed by atoms with Crippen LogP contribution in [-0.4, -0.2) is 6.04 Å². The minimum atomic E-state index is -0.170. The van der Waals surface area contributed by atoms with Crippen molar-refractivity contribution in [1.29, 1.82) is 0 Å². The Kier molecular flexibility index (Phi) is 3.47. The molecule has 1 fully saturated rings. The van der Waals surface area contributed by atoms with E-state index in [4.69, 9.17) is 0 Å². The first-order valence-corrected chi connectivity index (χ1v) is 6.15. The Morgan fingerprint density at radius 1 is 1.00 bits per heavy atom. The number of benzene rings is 1. The third kappa shape index (κ3) is 2.97. The van der Waals surface area contributed by atoms with Crippen LogP contribution in [0.1, 0.15) is 33.1 Å². The lowest BCUT2D eigenvalue weighted by Gasteiger charge is -2.32. The van der Waals surface area contributed by atoms with Gasteiger partial charge in [-0.25, -0.2) is 4.39 Å². The summed E-state index contributed by atoms with van der Waals surface area (Å²) < 4.78 is 12.8. The van der Waals surface area contributed by atoms with Crippen molar-refractivity contribution in [3.05, 3.63) is 30.1 Å². The summed E-state index contributed by atoms with van der Waals surface area (Å²) in [5.74, 6) is 1.42. The van der Waals surface area contributed by atoms with E-state index in [1.54, 1.807) is 0 Å². The van der Waals surface area contributed by atoms with Crippen LogP contribution in [0.2, 0.25) is 0 Å². The van der Waals surface area contributed by atoms with Crippen LogP contribution < -0.4 is 5.32 Å². The molecule has 1 N–H and O–H groups in total. The minimum absolute atomic E-state index is 0.170. The van der Waals surface area contributed by atoms with E-state index in [0.29, 0.717) is 6.04 Å². The quantitative estimate of drug-likeness (QED) is 0.794. The standard InChI is InChI=1S/C14H20FN/c1-10-7-11(2)9-14(8-10)16-13-5-3-12(15)4-6-13/h3-6,10-11,14,16H,7-9H2,1-2H3. The molecule has 0 heterocycles. The van der Waals surface area contributed by atoms with Gasteiger partial charge in [0.25, 0.3) is 0 Å². The third-order valence-electron chi connectivity index (χ3n) is 3.39. The summed E-state index contributed by atoms with van der Waals surface area (Å²) in [4.78, 5) is 0. The van der Waals surface area contributed by atoms with Crippen LogP contribution in [0.4, 0.5) is 10.1 Å². The zero-order valence-electron chi connectivity index (χ0n) is 10.0. The first-order chi connectivity index (χ1) is 7.63. The highest BCUT2D eigenvalue weighted by Crippen LogP contribution is 2.30. The molecule has 0 amide bonds. The van der Waals surface area contributed by atoms with E-state index in [2.05, 4.69) is 19.2 Å². The number of rotatable bonds is 2. The largest absolute Gasteiger partial charge is 0.382 e. The SMILES string of the molecule is CC1CC(C)CC(Nc2ccc(F)cc2)C1. The first kappa shape index (κ1) is 11.4. The Hall–Kier alpha value is -1.05. The zero-order valence-corrected chi connectivity index (χ0v) is 10.0. The predicted octanol–water partition coefficient (Wildman–Crippen LogP) is 4.06. The molecule has 2 heteroatoms. The molecule has 0 aliphatic heterocycles. The third-order valence-corrected chi connectivity index (χ3v) is 3.39. The molecule has 2 rings (SSSR count). The van der Waals surface area contributed by atoms with Crippen molar-refractivity contribution in [2.24, 2.45) is 11.8 Å². The fourth-order valence-corrected chi connectivity index (χ4v) is 2.85. The van der Waals surface area contributed by atoms with Gasteiger partial charge in [0.2, 0.25) is 0 Å². The number of anilines is 1. The summed E-state index contributed by atoms with van der Waals surface area (Å²) >= 11 is 0. The molecule has 1 aromatic carbocycles. The smallest absolute Gasteiger partial charge is 0.123 e. The second-order valence-corrected chi connectivity index (χ2v) is 5.27. The maximum atomic E-state index is 12.8.